The van der Waals surface area contributed by atoms with Gasteiger partial charge in [-0.05, 0) is 30.3 Å². The van der Waals surface area contributed by atoms with Crippen molar-refractivity contribution in [3.63, 3.8) is 0 Å². The SMILES string of the molecule is COc1ccc(-c2cc(C(F)(F)F)on2)cc1S(=O)(=O)N1CCN(c2ccccc2)CC1. The van der Waals surface area contributed by atoms with E-state index in [0.717, 1.165) is 11.8 Å². The normalized spacial score (nSPS) is 15.7. The highest BCUT2D eigenvalue weighted by atomic mass is 32.2. The molecule has 170 valence electrons. The standard InChI is InChI=1S/C21H20F3N3O4S/c1-30-18-8-7-15(17-14-20(31-25-17)21(22,23)24)13-19(18)32(28,29)27-11-9-26(10-12-27)16-5-3-2-4-6-16/h2-8,13-14H,9-12H2,1H3. The summed E-state index contributed by atoms with van der Waals surface area (Å²) in [5.41, 5.74) is 1.06. The third-order valence-corrected chi connectivity index (χ3v) is 7.15. The lowest BCUT2D eigenvalue weighted by atomic mass is 10.1. The van der Waals surface area contributed by atoms with Crippen LogP contribution in [0.15, 0.2) is 64.0 Å². The summed E-state index contributed by atoms with van der Waals surface area (Å²) in [6.07, 6.45) is -4.69. The number of sulfonamides is 1. The molecule has 1 saturated heterocycles. The predicted octanol–water partition coefficient (Wildman–Crippen LogP) is 3.88. The number of methoxy groups -OCH3 is 1. The van der Waals surface area contributed by atoms with Crippen molar-refractivity contribution in [2.24, 2.45) is 0 Å². The molecule has 0 amide bonds. The van der Waals surface area contributed by atoms with Gasteiger partial charge in [0.25, 0.3) is 0 Å². The van der Waals surface area contributed by atoms with Gasteiger partial charge in [-0.15, -0.1) is 0 Å². The van der Waals surface area contributed by atoms with Crippen molar-refractivity contribution in [2.75, 3.05) is 38.2 Å². The van der Waals surface area contributed by atoms with Gasteiger partial charge >= 0.3 is 6.18 Å². The van der Waals surface area contributed by atoms with Gasteiger partial charge in [0.1, 0.15) is 16.3 Å². The van der Waals surface area contributed by atoms with E-state index in [1.807, 2.05) is 30.3 Å². The average Bonchev–Trinajstić information content (AvgIpc) is 3.30. The first-order valence-electron chi connectivity index (χ1n) is 9.72. The minimum Gasteiger partial charge on any atom is -0.495 e. The zero-order valence-electron chi connectivity index (χ0n) is 17.0. The minimum absolute atomic E-state index is 0.0961. The van der Waals surface area contributed by atoms with Gasteiger partial charge in [-0.2, -0.15) is 17.5 Å². The quantitative estimate of drug-likeness (QED) is 0.567. The zero-order valence-corrected chi connectivity index (χ0v) is 17.9. The second kappa shape index (κ2) is 8.47. The molecule has 7 nitrogen and oxygen atoms in total. The fourth-order valence-electron chi connectivity index (χ4n) is 3.55. The van der Waals surface area contributed by atoms with Crippen LogP contribution in [-0.4, -0.2) is 51.2 Å². The van der Waals surface area contributed by atoms with Crippen LogP contribution in [0.25, 0.3) is 11.3 Å². The number of piperazine rings is 1. The lowest BCUT2D eigenvalue weighted by Gasteiger charge is -2.35. The number of anilines is 1. The number of benzene rings is 2. The summed E-state index contributed by atoms with van der Waals surface area (Å²) in [4.78, 5) is 1.95. The molecule has 0 bridgehead atoms. The van der Waals surface area contributed by atoms with E-state index >= 15 is 0 Å². The molecule has 1 aromatic heterocycles. The summed E-state index contributed by atoms with van der Waals surface area (Å²) in [5, 5.41) is 3.44. The lowest BCUT2D eigenvalue weighted by Crippen LogP contribution is -2.48. The molecule has 0 unspecified atom stereocenters. The topological polar surface area (TPSA) is 75.9 Å². The van der Waals surface area contributed by atoms with Crippen LogP contribution in [0.3, 0.4) is 0 Å². The molecular formula is C21H20F3N3O4S. The van der Waals surface area contributed by atoms with E-state index < -0.39 is 22.0 Å². The molecule has 4 rings (SSSR count). The number of alkyl halides is 3. The molecule has 1 fully saturated rings. The van der Waals surface area contributed by atoms with Crippen LogP contribution in [0.1, 0.15) is 5.76 Å². The Hall–Kier alpha value is -3.05. The smallest absolute Gasteiger partial charge is 0.452 e. The molecule has 1 aliphatic heterocycles. The van der Waals surface area contributed by atoms with E-state index in [2.05, 4.69) is 14.6 Å². The highest BCUT2D eigenvalue weighted by Gasteiger charge is 2.36. The van der Waals surface area contributed by atoms with Gasteiger partial charge in [-0.25, -0.2) is 8.42 Å². The molecule has 1 aliphatic rings. The largest absolute Gasteiger partial charge is 0.495 e. The maximum absolute atomic E-state index is 13.4. The van der Waals surface area contributed by atoms with Gasteiger partial charge in [0.2, 0.25) is 15.8 Å². The third kappa shape index (κ3) is 4.30. The molecule has 0 aliphatic carbocycles. The van der Waals surface area contributed by atoms with Crippen molar-refractivity contribution >= 4 is 15.7 Å². The van der Waals surface area contributed by atoms with Crippen molar-refractivity contribution < 1.29 is 30.8 Å². The van der Waals surface area contributed by atoms with Crippen LogP contribution < -0.4 is 9.64 Å². The van der Waals surface area contributed by atoms with Crippen LogP contribution >= 0.6 is 0 Å². The second-order valence-corrected chi connectivity index (χ2v) is 9.07. The van der Waals surface area contributed by atoms with Crippen LogP contribution in [0.2, 0.25) is 0 Å². The minimum atomic E-state index is -4.69. The van der Waals surface area contributed by atoms with E-state index in [4.69, 9.17) is 4.74 Å². The fraction of sp³-hybridized carbons (Fsp3) is 0.286. The maximum Gasteiger partial charge on any atom is 0.452 e. The van der Waals surface area contributed by atoms with Crippen LogP contribution in [0, 0.1) is 0 Å². The molecule has 32 heavy (non-hydrogen) atoms. The van der Waals surface area contributed by atoms with Gasteiger partial charge < -0.3 is 14.2 Å². The Kier molecular flexibility index (Phi) is 5.87. The van der Waals surface area contributed by atoms with Gasteiger partial charge in [0.15, 0.2) is 0 Å². The Morgan fingerprint density at radius 1 is 1.00 bits per heavy atom. The number of aromatic nitrogens is 1. The summed E-state index contributed by atoms with van der Waals surface area (Å²) in [6.45, 7) is 1.52. The summed E-state index contributed by atoms with van der Waals surface area (Å²) in [7, 11) is -2.63. The zero-order chi connectivity index (χ0) is 22.9. The van der Waals surface area contributed by atoms with Crippen LogP contribution in [0.4, 0.5) is 18.9 Å². The molecular weight excluding hydrogens is 447 g/mol. The molecule has 2 aromatic carbocycles. The first-order valence-corrected chi connectivity index (χ1v) is 11.2. The summed E-state index contributed by atoms with van der Waals surface area (Å²) in [5.74, 6) is -1.16. The van der Waals surface area contributed by atoms with Gasteiger partial charge in [-0.3, -0.25) is 0 Å². The van der Waals surface area contributed by atoms with Crippen molar-refractivity contribution in [3.05, 3.63) is 60.4 Å². The molecule has 3 aromatic rings. The van der Waals surface area contributed by atoms with Crippen molar-refractivity contribution in [1.82, 2.24) is 9.46 Å². The Balaban J connectivity index is 1.60. The molecule has 0 radical (unpaired) electrons. The second-order valence-electron chi connectivity index (χ2n) is 7.17. The number of para-hydroxylation sites is 1. The van der Waals surface area contributed by atoms with E-state index in [9.17, 15) is 21.6 Å². The fourth-order valence-corrected chi connectivity index (χ4v) is 5.15. The molecule has 0 atom stereocenters. The van der Waals surface area contributed by atoms with Gasteiger partial charge in [-0.1, -0.05) is 23.4 Å². The third-order valence-electron chi connectivity index (χ3n) is 5.23. The highest BCUT2D eigenvalue weighted by molar-refractivity contribution is 7.89. The van der Waals surface area contributed by atoms with E-state index in [1.165, 1.54) is 29.6 Å². The number of hydrogen-bond donors (Lipinski definition) is 0. The maximum atomic E-state index is 13.4. The van der Waals surface area contributed by atoms with E-state index in [1.54, 1.807) is 0 Å². The van der Waals surface area contributed by atoms with Crippen molar-refractivity contribution in [3.8, 4) is 17.0 Å². The first-order chi connectivity index (χ1) is 15.2. The summed E-state index contributed by atoms with van der Waals surface area (Å²) >= 11 is 0. The summed E-state index contributed by atoms with van der Waals surface area (Å²) in [6, 6.07) is 14.5. The van der Waals surface area contributed by atoms with Crippen LogP contribution in [-0.2, 0) is 16.2 Å². The number of rotatable bonds is 5. The van der Waals surface area contributed by atoms with E-state index in [-0.39, 0.29) is 35.0 Å². The van der Waals surface area contributed by atoms with Crippen LogP contribution in [0.5, 0.6) is 5.75 Å². The lowest BCUT2D eigenvalue weighted by molar-refractivity contribution is -0.155. The predicted molar refractivity (Wildman–Crippen MR) is 111 cm³/mol. The number of halogens is 3. The molecule has 11 heteroatoms. The van der Waals surface area contributed by atoms with Gasteiger partial charge in [0, 0.05) is 43.5 Å². The molecule has 2 heterocycles. The van der Waals surface area contributed by atoms with Gasteiger partial charge in [0.05, 0.1) is 7.11 Å². The average molecular weight is 467 g/mol. The molecule has 0 spiro atoms. The Morgan fingerprint density at radius 2 is 1.69 bits per heavy atom. The summed E-state index contributed by atoms with van der Waals surface area (Å²) < 4.78 is 76.2. The molecule has 0 N–H and O–H groups in total. The molecule has 0 saturated carbocycles. The Morgan fingerprint density at radius 3 is 2.28 bits per heavy atom. The Bertz CT molecular complexity index is 1190. The van der Waals surface area contributed by atoms with E-state index in [0.29, 0.717) is 13.1 Å². The Labute approximate surface area is 183 Å². The number of ether oxygens (including phenoxy) is 1. The van der Waals surface area contributed by atoms with Crippen molar-refractivity contribution in [1.29, 1.82) is 0 Å². The number of nitrogens with zero attached hydrogens (tertiary/aromatic N) is 3. The first kappa shape index (κ1) is 22.2. The monoisotopic (exact) mass is 467 g/mol. The highest BCUT2D eigenvalue weighted by Crippen LogP contribution is 2.35. The number of hydrogen-bond acceptors (Lipinski definition) is 6. The van der Waals surface area contributed by atoms with Crippen molar-refractivity contribution in [2.45, 2.75) is 11.1 Å².